The summed E-state index contributed by atoms with van der Waals surface area (Å²) in [5.74, 6) is 0.0320. The van der Waals surface area contributed by atoms with Crippen molar-refractivity contribution in [1.82, 2.24) is 4.31 Å². The second-order valence-corrected chi connectivity index (χ2v) is 7.31. The lowest BCUT2D eigenvalue weighted by Crippen LogP contribution is -2.22. The monoisotopic (exact) mass is 356 g/mol. The van der Waals surface area contributed by atoms with E-state index in [1.165, 1.54) is 26.2 Å². The van der Waals surface area contributed by atoms with Crippen molar-refractivity contribution in [3.8, 4) is 5.75 Å². The Morgan fingerprint density at radius 2 is 1.83 bits per heavy atom. The summed E-state index contributed by atoms with van der Waals surface area (Å²) < 4.78 is 54.7. The second-order valence-electron chi connectivity index (χ2n) is 5.16. The van der Waals surface area contributed by atoms with Gasteiger partial charge in [-0.05, 0) is 29.8 Å². The van der Waals surface area contributed by atoms with Crippen LogP contribution in [0.25, 0.3) is 0 Å². The van der Waals surface area contributed by atoms with Crippen LogP contribution >= 0.6 is 0 Å². The van der Waals surface area contributed by atoms with Crippen LogP contribution in [-0.4, -0.2) is 33.4 Å². The molecule has 0 bridgehead atoms. The summed E-state index contributed by atoms with van der Waals surface area (Å²) in [6.45, 7) is -2.65. The molecule has 0 saturated carbocycles. The minimum absolute atomic E-state index is 0.0320. The van der Waals surface area contributed by atoms with Crippen molar-refractivity contribution >= 4 is 15.7 Å². The van der Waals surface area contributed by atoms with Gasteiger partial charge in [0.25, 0.3) is 0 Å². The minimum Gasteiger partial charge on any atom is -0.433 e. The zero-order chi connectivity index (χ0) is 17.7. The predicted molar refractivity (Wildman–Crippen MR) is 87.7 cm³/mol. The van der Waals surface area contributed by atoms with E-state index in [1.807, 2.05) is 0 Å². The van der Waals surface area contributed by atoms with E-state index in [9.17, 15) is 17.2 Å². The SMILES string of the molecule is CN(C)S(=O)(=O)c1cccc(CNc2ccccc2OC(F)F)c1. The Kier molecular flexibility index (Phi) is 5.74. The number of nitrogens with zero attached hydrogens (tertiary/aromatic N) is 1. The first-order valence-electron chi connectivity index (χ1n) is 7.10. The number of benzene rings is 2. The molecule has 24 heavy (non-hydrogen) atoms. The molecule has 2 rings (SSSR count). The maximum absolute atomic E-state index is 12.4. The summed E-state index contributed by atoms with van der Waals surface area (Å²) in [5, 5.41) is 2.98. The van der Waals surface area contributed by atoms with Crippen molar-refractivity contribution in [2.75, 3.05) is 19.4 Å². The summed E-state index contributed by atoms with van der Waals surface area (Å²) in [7, 11) is -0.612. The third-order valence-electron chi connectivity index (χ3n) is 3.26. The quantitative estimate of drug-likeness (QED) is 0.828. The number of hydrogen-bond donors (Lipinski definition) is 1. The van der Waals surface area contributed by atoms with Crippen LogP contribution in [0.3, 0.4) is 0 Å². The zero-order valence-electron chi connectivity index (χ0n) is 13.2. The predicted octanol–water partition coefficient (Wildman–Crippen LogP) is 3.15. The molecular formula is C16H18F2N2O3S. The van der Waals surface area contributed by atoms with Crippen LogP contribution in [0.15, 0.2) is 53.4 Å². The van der Waals surface area contributed by atoms with Crippen LogP contribution in [0, 0.1) is 0 Å². The van der Waals surface area contributed by atoms with Crippen molar-refractivity contribution in [3.63, 3.8) is 0 Å². The highest BCUT2D eigenvalue weighted by atomic mass is 32.2. The lowest BCUT2D eigenvalue weighted by molar-refractivity contribution is -0.0493. The van der Waals surface area contributed by atoms with Gasteiger partial charge in [-0.25, -0.2) is 12.7 Å². The molecule has 0 radical (unpaired) electrons. The van der Waals surface area contributed by atoms with Crippen LogP contribution in [0.1, 0.15) is 5.56 Å². The van der Waals surface area contributed by atoms with Crippen LogP contribution in [0.4, 0.5) is 14.5 Å². The van der Waals surface area contributed by atoms with E-state index >= 15 is 0 Å². The lowest BCUT2D eigenvalue weighted by Gasteiger charge is -2.14. The van der Waals surface area contributed by atoms with Crippen molar-refractivity contribution in [1.29, 1.82) is 0 Å². The Morgan fingerprint density at radius 1 is 1.12 bits per heavy atom. The van der Waals surface area contributed by atoms with Gasteiger partial charge in [0.1, 0.15) is 5.75 Å². The Bertz CT molecular complexity index is 795. The number of ether oxygens (including phenoxy) is 1. The fraction of sp³-hybridized carbons (Fsp3) is 0.250. The van der Waals surface area contributed by atoms with Gasteiger partial charge in [-0.3, -0.25) is 0 Å². The number of nitrogens with one attached hydrogen (secondary N) is 1. The van der Waals surface area contributed by atoms with Crippen LogP contribution in [0.2, 0.25) is 0 Å². The summed E-state index contributed by atoms with van der Waals surface area (Å²) in [5.41, 5.74) is 1.10. The van der Waals surface area contributed by atoms with Crippen LogP contribution in [-0.2, 0) is 16.6 Å². The van der Waals surface area contributed by atoms with Gasteiger partial charge in [-0.1, -0.05) is 24.3 Å². The van der Waals surface area contributed by atoms with Gasteiger partial charge >= 0.3 is 6.61 Å². The van der Waals surface area contributed by atoms with Gasteiger partial charge in [0.15, 0.2) is 0 Å². The molecule has 8 heteroatoms. The van der Waals surface area contributed by atoms with E-state index in [-0.39, 0.29) is 17.2 Å². The standard InChI is InChI=1S/C16H18F2N2O3S/c1-20(2)24(21,22)13-7-5-6-12(10-13)11-19-14-8-3-4-9-15(14)23-16(17)18/h3-10,16,19H,11H2,1-2H3. The van der Waals surface area contributed by atoms with Gasteiger partial charge in [-0.2, -0.15) is 8.78 Å². The molecule has 0 aromatic heterocycles. The highest BCUT2D eigenvalue weighted by Gasteiger charge is 2.17. The van der Waals surface area contributed by atoms with Crippen molar-refractivity contribution in [2.24, 2.45) is 0 Å². The molecule has 0 heterocycles. The first kappa shape index (κ1) is 18.2. The second kappa shape index (κ2) is 7.59. The number of halogens is 2. The third kappa shape index (κ3) is 4.42. The van der Waals surface area contributed by atoms with Crippen molar-refractivity contribution in [2.45, 2.75) is 18.1 Å². The first-order valence-corrected chi connectivity index (χ1v) is 8.54. The number of hydrogen-bond acceptors (Lipinski definition) is 4. The fourth-order valence-electron chi connectivity index (χ4n) is 2.04. The molecule has 1 N–H and O–H groups in total. The summed E-state index contributed by atoms with van der Waals surface area (Å²) in [4.78, 5) is 0.170. The molecule has 0 fully saturated rings. The van der Waals surface area contributed by atoms with Gasteiger partial charge in [0, 0.05) is 20.6 Å². The molecule has 0 aliphatic rings. The number of para-hydroxylation sites is 2. The molecule has 5 nitrogen and oxygen atoms in total. The Hall–Kier alpha value is -2.19. The van der Waals surface area contributed by atoms with Gasteiger partial charge < -0.3 is 10.1 Å². The van der Waals surface area contributed by atoms with Crippen molar-refractivity contribution in [3.05, 3.63) is 54.1 Å². The molecule has 0 unspecified atom stereocenters. The summed E-state index contributed by atoms with van der Waals surface area (Å²) >= 11 is 0. The normalized spacial score (nSPS) is 11.8. The highest BCUT2D eigenvalue weighted by molar-refractivity contribution is 7.89. The first-order chi connectivity index (χ1) is 11.3. The topological polar surface area (TPSA) is 58.6 Å². The van der Waals surface area contributed by atoms with Crippen LogP contribution in [0.5, 0.6) is 5.75 Å². The lowest BCUT2D eigenvalue weighted by atomic mass is 10.2. The van der Waals surface area contributed by atoms with E-state index in [0.29, 0.717) is 11.3 Å². The maximum atomic E-state index is 12.4. The van der Waals surface area contributed by atoms with E-state index in [0.717, 1.165) is 4.31 Å². The maximum Gasteiger partial charge on any atom is 0.387 e. The average Bonchev–Trinajstić information content (AvgIpc) is 2.53. The van der Waals surface area contributed by atoms with E-state index in [4.69, 9.17) is 0 Å². The van der Waals surface area contributed by atoms with Crippen molar-refractivity contribution < 1.29 is 21.9 Å². The summed E-state index contributed by atoms with van der Waals surface area (Å²) in [6, 6.07) is 12.7. The molecule has 0 spiro atoms. The van der Waals surface area contributed by atoms with E-state index in [1.54, 1.807) is 36.4 Å². The molecule has 130 valence electrons. The number of alkyl halides is 2. The van der Waals surface area contributed by atoms with Gasteiger partial charge in [0.2, 0.25) is 10.0 Å². The Labute approximate surface area is 139 Å². The van der Waals surface area contributed by atoms with E-state index < -0.39 is 16.6 Å². The molecule has 0 aliphatic carbocycles. The fourth-order valence-corrected chi connectivity index (χ4v) is 3.01. The zero-order valence-corrected chi connectivity index (χ0v) is 14.1. The molecule has 0 aliphatic heterocycles. The summed E-state index contributed by atoms with van der Waals surface area (Å²) in [6.07, 6.45) is 0. The van der Waals surface area contributed by atoms with Gasteiger partial charge in [0.05, 0.1) is 10.6 Å². The van der Waals surface area contributed by atoms with Crippen LogP contribution < -0.4 is 10.1 Å². The average molecular weight is 356 g/mol. The number of anilines is 1. The molecule has 2 aromatic carbocycles. The molecular weight excluding hydrogens is 338 g/mol. The van der Waals surface area contributed by atoms with E-state index in [2.05, 4.69) is 10.1 Å². The third-order valence-corrected chi connectivity index (χ3v) is 5.07. The largest absolute Gasteiger partial charge is 0.433 e. The van der Waals surface area contributed by atoms with Gasteiger partial charge in [-0.15, -0.1) is 0 Å². The molecule has 0 saturated heterocycles. The minimum atomic E-state index is -3.52. The molecule has 0 atom stereocenters. The number of rotatable bonds is 7. The molecule has 0 amide bonds. The Balaban J connectivity index is 2.17. The highest BCUT2D eigenvalue weighted by Crippen LogP contribution is 2.26. The number of sulfonamides is 1. The Morgan fingerprint density at radius 3 is 2.50 bits per heavy atom. The smallest absolute Gasteiger partial charge is 0.387 e. The molecule has 2 aromatic rings.